The fraction of sp³-hybridized carbons (Fsp3) is 0.929. The van der Waals surface area contributed by atoms with E-state index in [1.807, 2.05) is 0 Å². The minimum atomic E-state index is -0.604. The van der Waals surface area contributed by atoms with Gasteiger partial charge in [-0.3, -0.25) is 4.79 Å². The van der Waals surface area contributed by atoms with Crippen molar-refractivity contribution in [2.24, 2.45) is 0 Å². The predicted molar refractivity (Wildman–Crippen MR) is 75.1 cm³/mol. The molecule has 2 aliphatic heterocycles. The summed E-state index contributed by atoms with van der Waals surface area (Å²) in [4.78, 5) is 14.9. The maximum absolute atomic E-state index is 12.5. The number of ether oxygens (including phenoxy) is 1. The summed E-state index contributed by atoms with van der Waals surface area (Å²) in [6.07, 6.45) is 3.64. The average Bonchev–Trinajstić information content (AvgIpc) is 2.48. The third-order valence-corrected chi connectivity index (χ3v) is 4.59. The van der Waals surface area contributed by atoms with Gasteiger partial charge in [-0.2, -0.15) is 0 Å². The highest BCUT2D eigenvalue weighted by molar-refractivity contribution is 5.85. The Bertz CT molecular complexity index is 295. The highest BCUT2D eigenvalue weighted by Crippen LogP contribution is 2.23. The first-order valence-electron chi connectivity index (χ1n) is 7.49. The number of carbonyl (C=O) groups is 1. The van der Waals surface area contributed by atoms with Crippen LogP contribution in [0.25, 0.3) is 0 Å². The highest BCUT2D eigenvalue weighted by atomic mass is 16.5. The molecule has 2 N–H and O–H groups in total. The first-order chi connectivity index (χ1) is 9.20. The molecule has 0 spiro atoms. The Morgan fingerprint density at radius 2 is 2.00 bits per heavy atom. The summed E-state index contributed by atoms with van der Waals surface area (Å²) in [5.41, 5.74) is -0.604. The second kappa shape index (κ2) is 6.68. The Morgan fingerprint density at radius 1 is 1.37 bits per heavy atom. The van der Waals surface area contributed by atoms with Crippen molar-refractivity contribution in [3.05, 3.63) is 0 Å². The molecule has 19 heavy (non-hydrogen) atoms. The van der Waals surface area contributed by atoms with E-state index in [-0.39, 0.29) is 5.91 Å². The summed E-state index contributed by atoms with van der Waals surface area (Å²) < 4.78 is 5.56. The van der Waals surface area contributed by atoms with Gasteiger partial charge in [0.05, 0.1) is 0 Å². The second-order valence-corrected chi connectivity index (χ2v) is 5.63. The molecule has 5 nitrogen and oxygen atoms in total. The molecule has 2 heterocycles. The maximum Gasteiger partial charge on any atom is 0.252 e. The van der Waals surface area contributed by atoms with Crippen molar-refractivity contribution in [2.45, 2.75) is 44.2 Å². The van der Waals surface area contributed by atoms with E-state index in [1.165, 1.54) is 0 Å². The van der Waals surface area contributed by atoms with Gasteiger partial charge in [0.2, 0.25) is 0 Å². The average molecular weight is 269 g/mol. The zero-order valence-corrected chi connectivity index (χ0v) is 12.2. The zero-order chi connectivity index (χ0) is 13.7. The van der Waals surface area contributed by atoms with E-state index in [9.17, 15) is 4.79 Å². The van der Waals surface area contributed by atoms with Crippen LogP contribution in [0.3, 0.4) is 0 Å². The van der Waals surface area contributed by atoms with Crippen LogP contribution < -0.4 is 10.6 Å². The van der Waals surface area contributed by atoms with Gasteiger partial charge in [-0.25, -0.2) is 0 Å². The summed E-state index contributed by atoms with van der Waals surface area (Å²) in [5.74, 6) is 0.0893. The van der Waals surface area contributed by atoms with Crippen LogP contribution in [0.1, 0.15) is 32.6 Å². The lowest BCUT2D eigenvalue weighted by Gasteiger charge is -2.38. The van der Waals surface area contributed by atoms with Crippen LogP contribution in [0.2, 0.25) is 0 Å². The van der Waals surface area contributed by atoms with E-state index in [0.717, 1.165) is 58.4 Å². The van der Waals surface area contributed by atoms with Gasteiger partial charge in [-0.15, -0.1) is 0 Å². The fourth-order valence-electron chi connectivity index (χ4n) is 3.06. The van der Waals surface area contributed by atoms with Gasteiger partial charge in [0.25, 0.3) is 5.91 Å². The standard InChI is InChI=1S/C14H27N3O2/c1-3-17-10-4-12(5-11-17)16-13(18)14(19-2)6-8-15-9-7-14/h12,15H,3-11H2,1-2H3,(H,16,18). The van der Waals surface area contributed by atoms with Crippen LogP contribution in [0.5, 0.6) is 0 Å². The third kappa shape index (κ3) is 3.46. The van der Waals surface area contributed by atoms with E-state index in [2.05, 4.69) is 22.5 Å². The molecule has 0 bridgehead atoms. The van der Waals surface area contributed by atoms with Crippen molar-refractivity contribution in [3.8, 4) is 0 Å². The molecular formula is C14H27N3O2. The molecule has 2 aliphatic rings. The molecule has 0 saturated carbocycles. The van der Waals surface area contributed by atoms with E-state index < -0.39 is 5.60 Å². The molecule has 0 radical (unpaired) electrons. The number of rotatable bonds is 4. The molecule has 2 saturated heterocycles. The van der Waals surface area contributed by atoms with Gasteiger partial charge in [0, 0.05) is 26.2 Å². The molecule has 0 aromatic rings. The summed E-state index contributed by atoms with van der Waals surface area (Å²) >= 11 is 0. The zero-order valence-electron chi connectivity index (χ0n) is 12.2. The summed E-state index contributed by atoms with van der Waals surface area (Å²) in [6, 6.07) is 0.317. The van der Waals surface area contributed by atoms with Crippen molar-refractivity contribution in [1.29, 1.82) is 0 Å². The van der Waals surface area contributed by atoms with Crippen molar-refractivity contribution < 1.29 is 9.53 Å². The number of nitrogens with one attached hydrogen (secondary N) is 2. The Kier molecular flexibility index (Phi) is 5.19. The molecule has 0 aromatic carbocycles. The molecule has 0 atom stereocenters. The number of hydrogen-bond donors (Lipinski definition) is 2. The molecule has 0 aromatic heterocycles. The topological polar surface area (TPSA) is 53.6 Å². The largest absolute Gasteiger partial charge is 0.368 e. The van der Waals surface area contributed by atoms with Gasteiger partial charge in [-0.05, 0) is 45.3 Å². The van der Waals surface area contributed by atoms with Crippen LogP contribution in [-0.2, 0) is 9.53 Å². The summed E-state index contributed by atoms with van der Waals surface area (Å²) in [7, 11) is 1.66. The number of methoxy groups -OCH3 is 1. The lowest BCUT2D eigenvalue weighted by atomic mass is 9.90. The minimum Gasteiger partial charge on any atom is -0.368 e. The molecule has 0 unspecified atom stereocenters. The fourth-order valence-corrected chi connectivity index (χ4v) is 3.06. The summed E-state index contributed by atoms with van der Waals surface area (Å²) in [6.45, 7) is 7.18. The Balaban J connectivity index is 1.86. The van der Waals surface area contributed by atoms with Crippen molar-refractivity contribution in [2.75, 3.05) is 39.8 Å². The first kappa shape index (κ1) is 14.8. The number of nitrogens with zero attached hydrogens (tertiary/aromatic N) is 1. The van der Waals surface area contributed by atoms with E-state index in [0.29, 0.717) is 6.04 Å². The Hall–Kier alpha value is -0.650. The van der Waals surface area contributed by atoms with Crippen LogP contribution in [0.4, 0.5) is 0 Å². The Labute approximate surface area is 116 Å². The maximum atomic E-state index is 12.5. The van der Waals surface area contributed by atoms with Gasteiger partial charge >= 0.3 is 0 Å². The van der Waals surface area contributed by atoms with E-state index in [1.54, 1.807) is 7.11 Å². The Morgan fingerprint density at radius 3 is 2.53 bits per heavy atom. The number of hydrogen-bond acceptors (Lipinski definition) is 4. The number of amides is 1. The lowest BCUT2D eigenvalue weighted by molar-refractivity contribution is -0.147. The minimum absolute atomic E-state index is 0.0893. The molecule has 2 rings (SSSR count). The van der Waals surface area contributed by atoms with Crippen molar-refractivity contribution >= 4 is 5.91 Å². The van der Waals surface area contributed by atoms with Crippen LogP contribution in [0.15, 0.2) is 0 Å². The van der Waals surface area contributed by atoms with Crippen LogP contribution >= 0.6 is 0 Å². The summed E-state index contributed by atoms with van der Waals surface area (Å²) in [5, 5.41) is 6.49. The molecule has 2 fully saturated rings. The van der Waals surface area contributed by atoms with E-state index in [4.69, 9.17) is 4.74 Å². The molecule has 1 amide bonds. The first-order valence-corrected chi connectivity index (χ1v) is 7.49. The monoisotopic (exact) mass is 269 g/mol. The van der Waals surface area contributed by atoms with Gasteiger partial charge in [0.1, 0.15) is 5.60 Å². The highest BCUT2D eigenvalue weighted by Gasteiger charge is 2.40. The molecular weight excluding hydrogens is 242 g/mol. The number of likely N-dealkylation sites (tertiary alicyclic amines) is 1. The molecule has 110 valence electrons. The third-order valence-electron chi connectivity index (χ3n) is 4.59. The van der Waals surface area contributed by atoms with Crippen molar-refractivity contribution in [1.82, 2.24) is 15.5 Å². The van der Waals surface area contributed by atoms with E-state index >= 15 is 0 Å². The van der Waals surface area contributed by atoms with Crippen LogP contribution in [-0.4, -0.2) is 62.3 Å². The lowest BCUT2D eigenvalue weighted by Crippen LogP contribution is -2.57. The predicted octanol–water partition coefficient (Wildman–Crippen LogP) is 0.356. The normalized spacial score (nSPS) is 25.2. The molecule has 5 heteroatoms. The van der Waals surface area contributed by atoms with Crippen LogP contribution in [0, 0.1) is 0 Å². The quantitative estimate of drug-likeness (QED) is 0.773. The van der Waals surface area contributed by atoms with Crippen molar-refractivity contribution in [3.63, 3.8) is 0 Å². The molecule has 0 aliphatic carbocycles. The van der Waals surface area contributed by atoms with Gasteiger partial charge < -0.3 is 20.3 Å². The smallest absolute Gasteiger partial charge is 0.252 e. The van der Waals surface area contributed by atoms with Gasteiger partial charge in [-0.1, -0.05) is 6.92 Å². The van der Waals surface area contributed by atoms with Gasteiger partial charge in [0.15, 0.2) is 0 Å². The second-order valence-electron chi connectivity index (χ2n) is 5.63. The number of piperidine rings is 2. The number of carbonyl (C=O) groups excluding carboxylic acids is 1. The SMILES string of the molecule is CCN1CCC(NC(=O)C2(OC)CCNCC2)CC1.